The SMILES string of the molecule is COC(c1ccc(Cl)cc1Cl)C(C)NC(=O)C1C=NN=C1C. The molecule has 0 bridgehead atoms. The minimum Gasteiger partial charge on any atom is -0.375 e. The number of nitrogens with zero attached hydrogens (tertiary/aromatic N) is 2. The molecule has 3 unspecified atom stereocenters. The van der Waals surface area contributed by atoms with Crippen molar-refractivity contribution in [2.45, 2.75) is 26.0 Å². The number of ether oxygens (including phenoxy) is 1. The summed E-state index contributed by atoms with van der Waals surface area (Å²) in [5.74, 6) is -0.595. The van der Waals surface area contributed by atoms with Gasteiger partial charge in [0.1, 0.15) is 12.0 Å². The number of nitrogens with one attached hydrogen (secondary N) is 1. The highest BCUT2D eigenvalue weighted by Gasteiger charge is 2.28. The van der Waals surface area contributed by atoms with Crippen molar-refractivity contribution in [1.29, 1.82) is 0 Å². The Bertz CT molecular complexity index is 631. The first-order valence-electron chi connectivity index (χ1n) is 6.79. The number of hydrogen-bond acceptors (Lipinski definition) is 4. The molecular weight excluding hydrogens is 325 g/mol. The molecule has 1 heterocycles. The molecule has 0 saturated carbocycles. The molecular formula is C15H17Cl2N3O2. The summed E-state index contributed by atoms with van der Waals surface area (Å²) >= 11 is 12.1. The fourth-order valence-electron chi connectivity index (χ4n) is 2.34. The van der Waals surface area contributed by atoms with E-state index >= 15 is 0 Å². The summed E-state index contributed by atoms with van der Waals surface area (Å²) in [5, 5.41) is 11.6. The van der Waals surface area contributed by atoms with Gasteiger partial charge in [-0.25, -0.2) is 0 Å². The highest BCUT2D eigenvalue weighted by Crippen LogP contribution is 2.30. The smallest absolute Gasteiger partial charge is 0.234 e. The van der Waals surface area contributed by atoms with Crippen LogP contribution in [0.4, 0.5) is 0 Å². The zero-order valence-corrected chi connectivity index (χ0v) is 14.0. The maximum absolute atomic E-state index is 12.3. The second-order valence-electron chi connectivity index (χ2n) is 5.10. The molecule has 3 atom stereocenters. The maximum Gasteiger partial charge on any atom is 0.234 e. The van der Waals surface area contributed by atoms with Crippen LogP contribution < -0.4 is 5.32 Å². The Morgan fingerprint density at radius 3 is 2.68 bits per heavy atom. The normalized spacial score (nSPS) is 19.7. The number of rotatable bonds is 5. The van der Waals surface area contributed by atoms with Crippen molar-refractivity contribution in [3.63, 3.8) is 0 Å². The summed E-state index contributed by atoms with van der Waals surface area (Å²) < 4.78 is 5.50. The van der Waals surface area contributed by atoms with E-state index in [1.54, 1.807) is 32.2 Å². The molecule has 0 saturated heterocycles. The summed E-state index contributed by atoms with van der Waals surface area (Å²) in [6.45, 7) is 3.63. The fraction of sp³-hybridized carbons (Fsp3) is 0.400. The van der Waals surface area contributed by atoms with Gasteiger partial charge in [-0.05, 0) is 26.0 Å². The van der Waals surface area contributed by atoms with Crippen molar-refractivity contribution < 1.29 is 9.53 Å². The first kappa shape index (κ1) is 16.9. The Balaban J connectivity index is 2.12. The highest BCUT2D eigenvalue weighted by molar-refractivity contribution is 6.35. The van der Waals surface area contributed by atoms with Gasteiger partial charge in [0.25, 0.3) is 0 Å². The molecule has 1 aliphatic heterocycles. The van der Waals surface area contributed by atoms with Gasteiger partial charge >= 0.3 is 0 Å². The monoisotopic (exact) mass is 341 g/mol. The summed E-state index contributed by atoms with van der Waals surface area (Å²) in [5.41, 5.74) is 1.44. The van der Waals surface area contributed by atoms with Crippen LogP contribution in [0.2, 0.25) is 10.0 Å². The number of hydrogen-bond donors (Lipinski definition) is 1. The Morgan fingerprint density at radius 2 is 2.14 bits per heavy atom. The first-order chi connectivity index (χ1) is 10.4. The van der Waals surface area contributed by atoms with E-state index in [0.717, 1.165) is 5.56 Å². The Labute approximate surface area is 139 Å². The van der Waals surface area contributed by atoms with Crippen LogP contribution in [0.5, 0.6) is 0 Å². The van der Waals surface area contributed by atoms with E-state index in [9.17, 15) is 4.79 Å². The van der Waals surface area contributed by atoms with Gasteiger partial charge in [-0.2, -0.15) is 10.2 Å². The van der Waals surface area contributed by atoms with E-state index in [2.05, 4.69) is 15.5 Å². The average molecular weight is 342 g/mol. The van der Waals surface area contributed by atoms with Crippen molar-refractivity contribution in [3.05, 3.63) is 33.8 Å². The lowest BCUT2D eigenvalue weighted by Gasteiger charge is -2.25. The quantitative estimate of drug-likeness (QED) is 0.893. The zero-order chi connectivity index (χ0) is 16.3. The minimum absolute atomic E-state index is 0.165. The molecule has 0 aliphatic carbocycles. The van der Waals surface area contributed by atoms with Gasteiger partial charge in [0.2, 0.25) is 5.91 Å². The predicted octanol–water partition coefficient (Wildman–Crippen LogP) is 3.26. The van der Waals surface area contributed by atoms with Gasteiger partial charge in [-0.15, -0.1) is 0 Å². The molecule has 1 amide bonds. The van der Waals surface area contributed by atoms with E-state index < -0.39 is 5.92 Å². The lowest BCUT2D eigenvalue weighted by molar-refractivity contribution is -0.123. The minimum atomic E-state index is -0.430. The third kappa shape index (κ3) is 3.66. The van der Waals surface area contributed by atoms with E-state index in [1.165, 1.54) is 6.21 Å². The van der Waals surface area contributed by atoms with E-state index in [0.29, 0.717) is 15.8 Å². The van der Waals surface area contributed by atoms with Gasteiger partial charge in [0.05, 0.1) is 11.8 Å². The second-order valence-corrected chi connectivity index (χ2v) is 5.95. The predicted molar refractivity (Wildman–Crippen MR) is 88.9 cm³/mol. The number of halogens is 2. The molecule has 22 heavy (non-hydrogen) atoms. The van der Waals surface area contributed by atoms with Crippen LogP contribution in [0.3, 0.4) is 0 Å². The van der Waals surface area contributed by atoms with Crippen LogP contribution in [-0.2, 0) is 9.53 Å². The van der Waals surface area contributed by atoms with E-state index in [-0.39, 0.29) is 18.1 Å². The molecule has 1 aliphatic rings. The molecule has 118 valence electrons. The van der Waals surface area contributed by atoms with E-state index in [4.69, 9.17) is 27.9 Å². The summed E-state index contributed by atoms with van der Waals surface area (Å²) in [6, 6.07) is 4.91. The topological polar surface area (TPSA) is 63.0 Å². The lowest BCUT2D eigenvalue weighted by Crippen LogP contribution is -2.42. The largest absolute Gasteiger partial charge is 0.375 e. The highest BCUT2D eigenvalue weighted by atomic mass is 35.5. The molecule has 1 N–H and O–H groups in total. The second kappa shape index (κ2) is 7.22. The zero-order valence-electron chi connectivity index (χ0n) is 12.5. The molecule has 0 fully saturated rings. The third-order valence-electron chi connectivity index (χ3n) is 3.51. The van der Waals surface area contributed by atoms with Crippen LogP contribution >= 0.6 is 23.2 Å². The van der Waals surface area contributed by atoms with Gasteiger partial charge in [0, 0.05) is 28.9 Å². The summed E-state index contributed by atoms with van der Waals surface area (Å²) in [4.78, 5) is 12.3. The van der Waals surface area contributed by atoms with Crippen LogP contribution in [-0.4, -0.2) is 31.0 Å². The van der Waals surface area contributed by atoms with Crippen LogP contribution in [0.1, 0.15) is 25.5 Å². The third-order valence-corrected chi connectivity index (χ3v) is 4.07. The lowest BCUT2D eigenvalue weighted by atomic mass is 10.0. The molecule has 2 rings (SSSR count). The number of carbonyl (C=O) groups excluding carboxylic acids is 1. The van der Waals surface area contributed by atoms with Gasteiger partial charge in [-0.1, -0.05) is 29.3 Å². The Morgan fingerprint density at radius 1 is 1.41 bits per heavy atom. The van der Waals surface area contributed by atoms with Crippen molar-refractivity contribution in [2.75, 3.05) is 7.11 Å². The average Bonchev–Trinajstić information content (AvgIpc) is 2.88. The fourth-order valence-corrected chi connectivity index (χ4v) is 2.86. The van der Waals surface area contributed by atoms with Gasteiger partial charge in [-0.3, -0.25) is 4.79 Å². The molecule has 1 aromatic carbocycles. The molecule has 1 aromatic rings. The van der Waals surface area contributed by atoms with Crippen LogP contribution in [0, 0.1) is 5.92 Å². The van der Waals surface area contributed by atoms with E-state index in [1.807, 2.05) is 6.92 Å². The van der Waals surface area contributed by atoms with Crippen molar-refractivity contribution in [1.82, 2.24) is 5.32 Å². The standard InChI is InChI=1S/C15H17Cl2N3O2/c1-8-12(7-18-20-8)15(21)19-9(2)14(22-3)11-5-4-10(16)6-13(11)17/h4-7,9,12,14H,1-3H3,(H,19,21). The van der Waals surface area contributed by atoms with Crippen molar-refractivity contribution in [2.24, 2.45) is 16.1 Å². The number of methoxy groups -OCH3 is 1. The molecule has 5 nitrogen and oxygen atoms in total. The molecule has 7 heteroatoms. The molecule has 0 radical (unpaired) electrons. The summed E-state index contributed by atoms with van der Waals surface area (Å²) in [7, 11) is 1.57. The number of amides is 1. The molecule has 0 spiro atoms. The van der Waals surface area contributed by atoms with Gasteiger partial charge < -0.3 is 10.1 Å². The Hall–Kier alpha value is -1.43. The van der Waals surface area contributed by atoms with Crippen LogP contribution in [0.15, 0.2) is 28.4 Å². The van der Waals surface area contributed by atoms with Gasteiger partial charge in [0.15, 0.2) is 0 Å². The summed E-state index contributed by atoms with van der Waals surface area (Å²) in [6.07, 6.45) is 1.14. The maximum atomic E-state index is 12.3. The molecule has 0 aromatic heterocycles. The first-order valence-corrected chi connectivity index (χ1v) is 7.55. The Kier molecular flexibility index (Phi) is 5.56. The number of benzene rings is 1. The van der Waals surface area contributed by atoms with Crippen molar-refractivity contribution in [3.8, 4) is 0 Å². The number of carbonyl (C=O) groups is 1. The van der Waals surface area contributed by atoms with Crippen LogP contribution in [0.25, 0.3) is 0 Å². The van der Waals surface area contributed by atoms with Crippen molar-refractivity contribution >= 4 is 41.0 Å².